The van der Waals surface area contributed by atoms with Crippen molar-refractivity contribution in [2.75, 3.05) is 0 Å². The number of carbonyl (C=O) groups excluding carboxylic acids is 1. The minimum Gasteiger partial charge on any atom is -0.292 e. The lowest BCUT2D eigenvalue weighted by atomic mass is 9.92. The Bertz CT molecular complexity index is 738. The summed E-state index contributed by atoms with van der Waals surface area (Å²) in [7, 11) is 0. The van der Waals surface area contributed by atoms with E-state index in [1.54, 1.807) is 12.1 Å². The first-order valence-electron chi connectivity index (χ1n) is 5.77. The Hall–Kier alpha value is -1.41. The zero-order chi connectivity index (χ0) is 15.6. The zero-order valence-electron chi connectivity index (χ0n) is 10.4. The fourth-order valence-corrected chi connectivity index (χ4v) is 3.00. The Morgan fingerprint density at radius 3 is 2.52 bits per heavy atom. The lowest BCUT2D eigenvalue weighted by Gasteiger charge is -2.11. The monoisotopic (exact) mass is 385 g/mol. The molecule has 2 aromatic carbocycles. The first-order chi connectivity index (χ1) is 9.92. The summed E-state index contributed by atoms with van der Waals surface area (Å²) in [5.74, 6) is -2.10. The van der Waals surface area contributed by atoms with Crippen molar-refractivity contribution in [2.24, 2.45) is 0 Å². The van der Waals surface area contributed by atoms with Gasteiger partial charge in [-0.15, -0.1) is 0 Å². The molecule has 0 aliphatic carbocycles. The summed E-state index contributed by atoms with van der Waals surface area (Å²) in [5.41, 5.74) is 0.544. The molecule has 0 fully saturated rings. The van der Waals surface area contributed by atoms with Crippen LogP contribution in [0.5, 0.6) is 0 Å². The van der Waals surface area contributed by atoms with E-state index in [0.29, 0.717) is 9.50 Å². The largest absolute Gasteiger partial charge is 0.292 e. The Kier molecular flexibility index (Phi) is 5.00. The molecule has 2 nitrogen and oxygen atoms in total. The number of halogens is 4. The Morgan fingerprint density at radius 2 is 1.95 bits per heavy atom. The summed E-state index contributed by atoms with van der Waals surface area (Å²) in [6.07, 6.45) is 0. The highest BCUT2D eigenvalue weighted by atomic mass is 79.9. The number of hydrogen-bond acceptors (Lipinski definition) is 2. The van der Waals surface area contributed by atoms with E-state index < -0.39 is 17.5 Å². The lowest BCUT2D eigenvalue weighted by molar-refractivity contribution is 0.0979. The van der Waals surface area contributed by atoms with Crippen LogP contribution < -0.4 is 0 Å². The van der Waals surface area contributed by atoms with E-state index in [4.69, 9.17) is 23.2 Å². The van der Waals surface area contributed by atoms with Gasteiger partial charge < -0.3 is 0 Å². The van der Waals surface area contributed by atoms with E-state index in [1.165, 1.54) is 12.1 Å². The minimum atomic E-state index is -1.12. The summed E-state index contributed by atoms with van der Waals surface area (Å²) < 4.78 is 13.7. The molecular formula is C15H7BrCl2FNO. The molecule has 0 aliphatic heterocycles. The molecule has 0 aliphatic rings. The molecule has 0 aromatic heterocycles. The highest BCUT2D eigenvalue weighted by molar-refractivity contribution is 9.10. The van der Waals surface area contributed by atoms with Crippen LogP contribution in [0.3, 0.4) is 0 Å². The van der Waals surface area contributed by atoms with Crippen molar-refractivity contribution in [2.45, 2.75) is 5.92 Å². The van der Waals surface area contributed by atoms with Crippen molar-refractivity contribution in [3.05, 3.63) is 67.9 Å². The normalized spacial score (nSPS) is 11.8. The molecular weight excluding hydrogens is 380 g/mol. The second-order valence-electron chi connectivity index (χ2n) is 4.25. The number of Topliss-reactive ketones (excluding diaryl/α,β-unsaturated/α-hetero) is 1. The topological polar surface area (TPSA) is 40.9 Å². The Balaban J connectivity index is 2.46. The SMILES string of the molecule is N#CC(C(=O)c1cc(Cl)cc(Br)c1)c1ccc(F)cc1Cl. The van der Waals surface area contributed by atoms with Crippen LogP contribution >= 0.6 is 39.1 Å². The molecule has 0 N–H and O–H groups in total. The van der Waals surface area contributed by atoms with E-state index in [0.717, 1.165) is 12.1 Å². The lowest BCUT2D eigenvalue weighted by Crippen LogP contribution is -2.12. The van der Waals surface area contributed by atoms with Crippen molar-refractivity contribution in [1.82, 2.24) is 0 Å². The van der Waals surface area contributed by atoms with Crippen LogP contribution in [0.25, 0.3) is 0 Å². The molecule has 1 atom stereocenters. The average Bonchev–Trinajstić information content (AvgIpc) is 2.40. The van der Waals surface area contributed by atoms with Gasteiger partial charge in [0.05, 0.1) is 6.07 Å². The minimum absolute atomic E-state index is 0.0380. The second-order valence-corrected chi connectivity index (χ2v) is 6.01. The molecule has 1 unspecified atom stereocenters. The maximum absolute atomic E-state index is 13.1. The first-order valence-corrected chi connectivity index (χ1v) is 7.32. The maximum atomic E-state index is 13.1. The number of ketones is 1. The summed E-state index contributed by atoms with van der Waals surface area (Å²) in [5, 5.41) is 9.68. The Labute approximate surface area is 139 Å². The van der Waals surface area contributed by atoms with E-state index in [1.807, 2.05) is 6.07 Å². The molecule has 106 valence electrons. The fourth-order valence-electron chi connectivity index (χ4n) is 1.87. The van der Waals surface area contributed by atoms with Gasteiger partial charge in [0.15, 0.2) is 5.78 Å². The van der Waals surface area contributed by atoms with Crippen LogP contribution in [0, 0.1) is 17.1 Å². The van der Waals surface area contributed by atoms with Gasteiger partial charge in [-0.05, 0) is 35.9 Å². The predicted octanol–water partition coefficient (Wildman–Crippen LogP) is 5.39. The predicted molar refractivity (Wildman–Crippen MR) is 83.2 cm³/mol. The van der Waals surface area contributed by atoms with Crippen LogP contribution in [0.15, 0.2) is 40.9 Å². The quantitative estimate of drug-likeness (QED) is 0.664. The van der Waals surface area contributed by atoms with E-state index in [9.17, 15) is 14.4 Å². The molecule has 21 heavy (non-hydrogen) atoms. The Morgan fingerprint density at radius 1 is 1.24 bits per heavy atom. The van der Waals surface area contributed by atoms with Gasteiger partial charge >= 0.3 is 0 Å². The number of carbonyl (C=O) groups is 1. The van der Waals surface area contributed by atoms with E-state index >= 15 is 0 Å². The van der Waals surface area contributed by atoms with Crippen LogP contribution in [0.1, 0.15) is 21.8 Å². The highest BCUT2D eigenvalue weighted by Crippen LogP contribution is 2.29. The molecule has 0 saturated carbocycles. The third-order valence-corrected chi connectivity index (χ3v) is 3.82. The third kappa shape index (κ3) is 3.62. The fraction of sp³-hybridized carbons (Fsp3) is 0.0667. The van der Waals surface area contributed by atoms with Crippen molar-refractivity contribution < 1.29 is 9.18 Å². The molecule has 0 amide bonds. The van der Waals surface area contributed by atoms with Gasteiger partial charge in [-0.3, -0.25) is 4.79 Å². The van der Waals surface area contributed by atoms with Crippen molar-refractivity contribution >= 4 is 44.9 Å². The summed E-state index contributed by atoms with van der Waals surface area (Å²) >= 11 is 15.1. The number of rotatable bonds is 3. The van der Waals surface area contributed by atoms with E-state index in [2.05, 4.69) is 15.9 Å². The van der Waals surface area contributed by atoms with Gasteiger partial charge in [0.1, 0.15) is 11.7 Å². The zero-order valence-corrected chi connectivity index (χ0v) is 13.5. The van der Waals surface area contributed by atoms with Crippen LogP contribution in [0.4, 0.5) is 4.39 Å². The molecule has 0 saturated heterocycles. The molecule has 0 heterocycles. The molecule has 0 radical (unpaired) electrons. The van der Waals surface area contributed by atoms with Crippen molar-refractivity contribution in [3.8, 4) is 6.07 Å². The van der Waals surface area contributed by atoms with Crippen LogP contribution in [-0.2, 0) is 0 Å². The summed E-state index contributed by atoms with van der Waals surface area (Å²) in [4.78, 5) is 12.5. The number of nitrogens with zero attached hydrogens (tertiary/aromatic N) is 1. The highest BCUT2D eigenvalue weighted by Gasteiger charge is 2.24. The smallest absolute Gasteiger partial charge is 0.184 e. The van der Waals surface area contributed by atoms with Crippen LogP contribution in [-0.4, -0.2) is 5.78 Å². The van der Waals surface area contributed by atoms with Gasteiger partial charge in [-0.1, -0.05) is 45.2 Å². The molecule has 2 aromatic rings. The molecule has 0 bridgehead atoms. The standard InChI is InChI=1S/C15H7BrCl2FNO/c16-9-3-8(4-10(17)5-9)15(21)13(7-20)12-2-1-11(19)6-14(12)18/h1-6,13H. The van der Waals surface area contributed by atoms with E-state index in [-0.39, 0.29) is 16.1 Å². The van der Waals surface area contributed by atoms with Gasteiger partial charge in [-0.25, -0.2) is 4.39 Å². The average molecular weight is 387 g/mol. The summed E-state index contributed by atoms with van der Waals surface area (Å²) in [6.45, 7) is 0. The number of hydrogen-bond donors (Lipinski definition) is 0. The van der Waals surface area contributed by atoms with Gasteiger partial charge in [0.2, 0.25) is 0 Å². The maximum Gasteiger partial charge on any atom is 0.184 e. The van der Waals surface area contributed by atoms with Crippen molar-refractivity contribution in [3.63, 3.8) is 0 Å². The van der Waals surface area contributed by atoms with Gasteiger partial charge in [0, 0.05) is 20.1 Å². The van der Waals surface area contributed by atoms with Crippen LogP contribution in [0.2, 0.25) is 10.0 Å². The molecule has 0 spiro atoms. The van der Waals surface area contributed by atoms with Crippen molar-refractivity contribution in [1.29, 1.82) is 5.26 Å². The molecule has 2 rings (SSSR count). The molecule has 6 heteroatoms. The second kappa shape index (κ2) is 6.57. The summed E-state index contributed by atoms with van der Waals surface area (Å²) in [6, 6.07) is 10.1. The van der Waals surface area contributed by atoms with Gasteiger partial charge in [-0.2, -0.15) is 5.26 Å². The number of nitriles is 1. The van der Waals surface area contributed by atoms with Gasteiger partial charge in [0.25, 0.3) is 0 Å². The first kappa shape index (κ1) is 16.0. The third-order valence-electron chi connectivity index (χ3n) is 2.81. The number of benzene rings is 2.